The van der Waals surface area contributed by atoms with Crippen LogP contribution >= 0.6 is 0 Å². The molecule has 1 aromatic carbocycles. The lowest BCUT2D eigenvalue weighted by Gasteiger charge is -2.35. The van der Waals surface area contributed by atoms with E-state index >= 15 is 0 Å². The minimum absolute atomic E-state index is 0.120. The van der Waals surface area contributed by atoms with Gasteiger partial charge in [-0.3, -0.25) is 15.0 Å². The number of hydrogen-bond acceptors (Lipinski definition) is 5. The molecule has 3 N–H and O–H groups in total. The smallest absolute Gasteiger partial charge is 0.325 e. The molecule has 1 aliphatic rings. The van der Waals surface area contributed by atoms with Crippen molar-refractivity contribution in [2.24, 2.45) is 7.05 Å². The first-order valence-corrected chi connectivity index (χ1v) is 8.71. The molecule has 0 spiro atoms. The Morgan fingerprint density at radius 2 is 2.12 bits per heavy atom. The molecule has 8 heteroatoms. The molecule has 3 rings (SSSR count). The summed E-state index contributed by atoms with van der Waals surface area (Å²) in [7, 11) is 1.97. The maximum Gasteiger partial charge on any atom is 0.325 e. The molecule has 1 aromatic heterocycles. The summed E-state index contributed by atoms with van der Waals surface area (Å²) in [5, 5.41) is 8.39. The highest BCUT2D eigenvalue weighted by atomic mass is 16.2. The van der Waals surface area contributed by atoms with E-state index in [2.05, 4.69) is 25.8 Å². The number of amides is 3. The number of nitrogens with one attached hydrogen (secondary N) is 3. The quantitative estimate of drug-likeness (QED) is 0.746. The van der Waals surface area contributed by atoms with Crippen molar-refractivity contribution in [1.82, 2.24) is 25.1 Å². The largest absolute Gasteiger partial charge is 0.337 e. The molecule has 8 nitrogen and oxygen atoms in total. The summed E-state index contributed by atoms with van der Waals surface area (Å²) in [5.41, 5.74) is 0.648. The van der Waals surface area contributed by atoms with Crippen LogP contribution in [-0.4, -0.2) is 52.6 Å². The number of hydrogen-bond donors (Lipinski definition) is 3. The van der Waals surface area contributed by atoms with Crippen LogP contribution in [0.4, 0.5) is 10.5 Å². The summed E-state index contributed by atoms with van der Waals surface area (Å²) in [5.74, 6) is 0.676. The van der Waals surface area contributed by atoms with Crippen LogP contribution in [0.3, 0.4) is 0 Å². The third-order valence-corrected chi connectivity index (χ3v) is 4.42. The highest BCUT2D eigenvalue weighted by Crippen LogP contribution is 2.20. The number of anilines is 1. The van der Waals surface area contributed by atoms with E-state index in [0.717, 1.165) is 25.5 Å². The van der Waals surface area contributed by atoms with Crippen molar-refractivity contribution in [3.05, 3.63) is 48.5 Å². The van der Waals surface area contributed by atoms with Crippen LogP contribution in [0.2, 0.25) is 0 Å². The highest BCUT2D eigenvalue weighted by molar-refractivity contribution is 6.01. The number of imide groups is 1. The Labute approximate surface area is 152 Å². The van der Waals surface area contributed by atoms with Crippen LogP contribution in [0.1, 0.15) is 18.3 Å². The Bertz CT molecular complexity index is 745. The Balaban J connectivity index is 1.49. The Hall–Kier alpha value is -2.71. The van der Waals surface area contributed by atoms with E-state index in [4.69, 9.17) is 0 Å². The maximum atomic E-state index is 12.1. The van der Waals surface area contributed by atoms with Crippen molar-refractivity contribution in [1.29, 1.82) is 0 Å². The van der Waals surface area contributed by atoms with Crippen LogP contribution in [0.5, 0.6) is 0 Å². The number of aryl methyl sites for hydroxylation is 1. The summed E-state index contributed by atoms with van der Waals surface area (Å²) in [6, 6.07) is 8.64. The molecule has 2 aromatic rings. The second-order valence-corrected chi connectivity index (χ2v) is 6.27. The predicted molar refractivity (Wildman–Crippen MR) is 98.6 cm³/mol. The van der Waals surface area contributed by atoms with Gasteiger partial charge in [-0.1, -0.05) is 18.2 Å². The second-order valence-electron chi connectivity index (χ2n) is 6.27. The molecule has 1 atom stereocenters. The maximum absolute atomic E-state index is 12.1. The number of para-hydroxylation sites is 1. The van der Waals surface area contributed by atoms with Crippen LogP contribution in [0, 0.1) is 0 Å². The standard InChI is InChI=1S/C18H24N6O2/c1-23-11-9-20-17(23)15-13-19-8-12-24(15)10-7-16(25)22-18(26)21-14-5-3-2-4-6-14/h2-6,9,11,15,19H,7-8,10,12-13H2,1H3,(H2,21,22,25,26). The number of benzene rings is 1. The van der Waals surface area contributed by atoms with Crippen molar-refractivity contribution in [3.8, 4) is 0 Å². The molecule has 1 fully saturated rings. The summed E-state index contributed by atoms with van der Waals surface area (Å²) in [4.78, 5) is 30.7. The molecule has 26 heavy (non-hydrogen) atoms. The molecule has 138 valence electrons. The third kappa shape index (κ3) is 4.68. The van der Waals surface area contributed by atoms with E-state index in [-0.39, 0.29) is 18.4 Å². The van der Waals surface area contributed by atoms with Gasteiger partial charge in [0, 0.05) is 57.7 Å². The number of aromatic nitrogens is 2. The van der Waals surface area contributed by atoms with Gasteiger partial charge in [0.15, 0.2) is 0 Å². The average Bonchev–Trinajstić information content (AvgIpc) is 3.07. The summed E-state index contributed by atoms with van der Waals surface area (Å²) in [6.45, 7) is 3.07. The van der Waals surface area contributed by atoms with Gasteiger partial charge in [-0.25, -0.2) is 9.78 Å². The number of imidazole rings is 1. The Morgan fingerprint density at radius 3 is 2.85 bits per heavy atom. The molecular weight excluding hydrogens is 332 g/mol. The number of urea groups is 1. The fraction of sp³-hybridized carbons (Fsp3) is 0.389. The van der Waals surface area contributed by atoms with Crippen LogP contribution in [-0.2, 0) is 11.8 Å². The van der Waals surface area contributed by atoms with Gasteiger partial charge >= 0.3 is 6.03 Å². The van der Waals surface area contributed by atoms with E-state index < -0.39 is 6.03 Å². The number of piperazine rings is 1. The fourth-order valence-electron chi connectivity index (χ4n) is 3.08. The van der Waals surface area contributed by atoms with E-state index in [1.807, 2.05) is 36.0 Å². The topological polar surface area (TPSA) is 91.3 Å². The number of carbonyl (C=O) groups excluding carboxylic acids is 2. The van der Waals surface area contributed by atoms with Crippen molar-refractivity contribution >= 4 is 17.6 Å². The van der Waals surface area contributed by atoms with Crippen LogP contribution in [0.25, 0.3) is 0 Å². The molecule has 1 saturated heterocycles. The first-order chi connectivity index (χ1) is 12.6. The van der Waals surface area contributed by atoms with Gasteiger partial charge in [0.05, 0.1) is 6.04 Å². The number of nitrogens with zero attached hydrogens (tertiary/aromatic N) is 3. The van der Waals surface area contributed by atoms with Gasteiger partial charge in [-0.2, -0.15) is 0 Å². The predicted octanol–water partition coefficient (Wildman–Crippen LogP) is 1.10. The number of rotatable bonds is 5. The van der Waals surface area contributed by atoms with Crippen molar-refractivity contribution in [2.45, 2.75) is 12.5 Å². The molecule has 1 aliphatic heterocycles. The first-order valence-electron chi connectivity index (χ1n) is 8.71. The summed E-state index contributed by atoms with van der Waals surface area (Å²) >= 11 is 0. The lowest BCUT2D eigenvalue weighted by atomic mass is 10.1. The van der Waals surface area contributed by atoms with E-state index in [1.54, 1.807) is 18.3 Å². The van der Waals surface area contributed by atoms with E-state index in [1.165, 1.54) is 0 Å². The SMILES string of the molecule is Cn1ccnc1C1CNCCN1CCC(=O)NC(=O)Nc1ccccc1. The minimum Gasteiger partial charge on any atom is -0.337 e. The molecule has 3 amide bonds. The molecular formula is C18H24N6O2. The van der Waals surface area contributed by atoms with Crippen molar-refractivity contribution < 1.29 is 9.59 Å². The average molecular weight is 356 g/mol. The van der Waals surface area contributed by atoms with Gasteiger partial charge < -0.3 is 15.2 Å². The molecule has 0 aliphatic carbocycles. The minimum atomic E-state index is -0.512. The highest BCUT2D eigenvalue weighted by Gasteiger charge is 2.27. The molecule has 0 bridgehead atoms. The Kier molecular flexibility index (Phi) is 5.98. The monoisotopic (exact) mass is 356 g/mol. The summed E-state index contributed by atoms with van der Waals surface area (Å²) < 4.78 is 2.00. The lowest BCUT2D eigenvalue weighted by molar-refractivity contribution is -0.120. The summed E-state index contributed by atoms with van der Waals surface area (Å²) in [6.07, 6.45) is 3.95. The molecule has 2 heterocycles. The van der Waals surface area contributed by atoms with Gasteiger partial charge in [0.25, 0.3) is 0 Å². The first kappa shape index (κ1) is 18.1. The molecule has 0 radical (unpaired) electrons. The zero-order chi connectivity index (χ0) is 18.4. The van der Waals surface area contributed by atoms with E-state index in [9.17, 15) is 9.59 Å². The van der Waals surface area contributed by atoms with Crippen LogP contribution in [0.15, 0.2) is 42.7 Å². The third-order valence-electron chi connectivity index (χ3n) is 4.42. The van der Waals surface area contributed by atoms with Crippen molar-refractivity contribution in [3.63, 3.8) is 0 Å². The fourth-order valence-corrected chi connectivity index (χ4v) is 3.08. The van der Waals surface area contributed by atoms with Gasteiger partial charge in [-0.05, 0) is 12.1 Å². The van der Waals surface area contributed by atoms with Crippen molar-refractivity contribution in [2.75, 3.05) is 31.5 Å². The normalized spacial score (nSPS) is 17.7. The molecule has 1 unspecified atom stereocenters. The van der Waals surface area contributed by atoms with Gasteiger partial charge in [-0.15, -0.1) is 0 Å². The van der Waals surface area contributed by atoms with Gasteiger partial charge in [0.2, 0.25) is 5.91 Å². The zero-order valence-electron chi connectivity index (χ0n) is 14.8. The van der Waals surface area contributed by atoms with Gasteiger partial charge in [0.1, 0.15) is 5.82 Å². The number of carbonyl (C=O) groups is 2. The zero-order valence-corrected chi connectivity index (χ0v) is 14.8. The van der Waals surface area contributed by atoms with Crippen LogP contribution < -0.4 is 16.0 Å². The van der Waals surface area contributed by atoms with E-state index in [0.29, 0.717) is 12.2 Å². The second kappa shape index (κ2) is 8.59. The Morgan fingerprint density at radius 1 is 1.31 bits per heavy atom. The lowest BCUT2D eigenvalue weighted by Crippen LogP contribution is -2.48. The molecule has 0 saturated carbocycles.